The lowest BCUT2D eigenvalue weighted by Crippen LogP contribution is -2.09. The van der Waals surface area contributed by atoms with E-state index < -0.39 is 0 Å². The van der Waals surface area contributed by atoms with E-state index in [2.05, 4.69) is 51.5 Å². The summed E-state index contributed by atoms with van der Waals surface area (Å²) in [6.07, 6.45) is 3.63. The van der Waals surface area contributed by atoms with E-state index >= 15 is 0 Å². The van der Waals surface area contributed by atoms with Gasteiger partial charge in [-0.15, -0.1) is 0 Å². The normalized spacial score (nSPS) is 11.5. The molecule has 7 heteroatoms. The molecule has 0 aliphatic rings. The number of hydrogen-bond acceptors (Lipinski definition) is 4. The van der Waals surface area contributed by atoms with Gasteiger partial charge in [0, 0.05) is 34.9 Å². The molecule has 4 aromatic heterocycles. The van der Waals surface area contributed by atoms with Gasteiger partial charge in [0.2, 0.25) is 0 Å². The van der Waals surface area contributed by atoms with E-state index in [0.717, 1.165) is 61.4 Å². The van der Waals surface area contributed by atoms with Crippen LogP contribution < -0.4 is 5.32 Å². The minimum atomic E-state index is -0.249. The van der Waals surface area contributed by atoms with Crippen molar-refractivity contribution in [2.24, 2.45) is 0 Å². The molecule has 0 fully saturated rings. The molecule has 4 heterocycles. The Morgan fingerprint density at radius 1 is 0.886 bits per heavy atom. The smallest absolute Gasteiger partial charge is 0.135 e. The Kier molecular flexibility index (Phi) is 5.03. The van der Waals surface area contributed by atoms with E-state index in [9.17, 15) is 4.39 Å². The predicted molar refractivity (Wildman–Crippen MR) is 139 cm³/mol. The van der Waals surface area contributed by atoms with Crippen molar-refractivity contribution in [3.8, 4) is 33.8 Å². The van der Waals surface area contributed by atoms with Gasteiger partial charge in [0.05, 0.1) is 22.6 Å². The van der Waals surface area contributed by atoms with Gasteiger partial charge in [0.25, 0.3) is 0 Å². The van der Waals surface area contributed by atoms with Crippen LogP contribution in [0.15, 0.2) is 79.1 Å². The van der Waals surface area contributed by atoms with E-state index in [1.165, 1.54) is 12.1 Å². The quantitative estimate of drug-likeness (QED) is 0.263. The summed E-state index contributed by atoms with van der Waals surface area (Å²) in [5, 5.41) is 12.1. The van der Waals surface area contributed by atoms with Crippen LogP contribution in [-0.2, 0) is 0 Å². The number of H-pyrrole nitrogens is 2. The number of fused-ring (bicyclic) bond motifs is 2. The number of aromatic amines is 2. The first-order valence-electron chi connectivity index (χ1n) is 11.5. The highest BCUT2D eigenvalue weighted by Crippen LogP contribution is 2.34. The Morgan fingerprint density at radius 2 is 1.74 bits per heavy atom. The van der Waals surface area contributed by atoms with Crippen LogP contribution >= 0.6 is 0 Å². The number of hydrogen-bond donors (Lipinski definition) is 3. The van der Waals surface area contributed by atoms with Crippen molar-refractivity contribution in [1.29, 1.82) is 0 Å². The number of pyridine rings is 2. The van der Waals surface area contributed by atoms with Gasteiger partial charge in [-0.25, -0.2) is 9.37 Å². The number of rotatable bonds is 5. The molecule has 0 atom stereocenters. The van der Waals surface area contributed by atoms with E-state index in [1.54, 1.807) is 12.1 Å². The summed E-state index contributed by atoms with van der Waals surface area (Å²) < 4.78 is 13.5. The summed E-state index contributed by atoms with van der Waals surface area (Å²) in [6.45, 7) is 4.19. The first-order chi connectivity index (χ1) is 17.0. The summed E-state index contributed by atoms with van der Waals surface area (Å²) in [5.41, 5.74) is 8.90. The van der Waals surface area contributed by atoms with Crippen molar-refractivity contribution in [3.05, 3.63) is 84.9 Å². The number of anilines is 1. The van der Waals surface area contributed by atoms with Crippen LogP contribution in [0.5, 0.6) is 0 Å². The number of aromatic nitrogens is 5. The molecule has 3 N–H and O–H groups in total. The van der Waals surface area contributed by atoms with Crippen molar-refractivity contribution < 1.29 is 4.39 Å². The molecule has 0 spiro atoms. The van der Waals surface area contributed by atoms with Gasteiger partial charge in [0.1, 0.15) is 17.0 Å². The van der Waals surface area contributed by atoms with Gasteiger partial charge in [-0.1, -0.05) is 24.3 Å². The molecule has 6 aromatic rings. The fraction of sp³-hybridized carbons (Fsp3) is 0.107. The molecule has 0 radical (unpaired) electrons. The number of halogens is 1. The van der Waals surface area contributed by atoms with Gasteiger partial charge in [0.15, 0.2) is 0 Å². The average molecular weight is 463 g/mol. The summed E-state index contributed by atoms with van der Waals surface area (Å²) in [6, 6.07) is 21.0. The van der Waals surface area contributed by atoms with E-state index in [1.807, 2.05) is 42.7 Å². The third kappa shape index (κ3) is 3.91. The largest absolute Gasteiger partial charge is 0.382 e. The molecular weight excluding hydrogens is 439 g/mol. The molecule has 0 aliphatic heterocycles. The lowest BCUT2D eigenvalue weighted by atomic mass is 10.0. The van der Waals surface area contributed by atoms with Crippen LogP contribution in [0.2, 0.25) is 0 Å². The average Bonchev–Trinajstić information content (AvgIpc) is 3.48. The zero-order chi connectivity index (χ0) is 23.9. The lowest BCUT2D eigenvalue weighted by Gasteiger charge is -2.10. The van der Waals surface area contributed by atoms with Crippen LogP contribution in [-0.4, -0.2) is 31.2 Å². The molecule has 0 bridgehead atoms. The number of nitrogens with zero attached hydrogens (tertiary/aromatic N) is 3. The topological polar surface area (TPSA) is 82.3 Å². The molecule has 172 valence electrons. The minimum absolute atomic E-state index is 0.249. The standard InChI is InChI=1S/C28H23FN6/c1-16(2)31-20-12-18(14-30-15-20)23-10-11-25-27(33-23)28(35-34-25)26-13-22-21(4-3-5-24(22)32-26)17-6-8-19(29)9-7-17/h3-16,31-32H,1-2H3,(H,34,35). The molecule has 0 aliphatic carbocycles. The monoisotopic (exact) mass is 462 g/mol. The van der Waals surface area contributed by atoms with Crippen molar-refractivity contribution in [1.82, 2.24) is 25.1 Å². The Labute approximate surface area is 201 Å². The first-order valence-corrected chi connectivity index (χ1v) is 11.5. The molecule has 0 saturated heterocycles. The zero-order valence-electron chi connectivity index (χ0n) is 19.3. The molecule has 0 amide bonds. The molecule has 6 nitrogen and oxygen atoms in total. The second-order valence-corrected chi connectivity index (χ2v) is 8.88. The highest BCUT2D eigenvalue weighted by Gasteiger charge is 2.15. The second kappa shape index (κ2) is 8.36. The highest BCUT2D eigenvalue weighted by atomic mass is 19.1. The molecule has 0 saturated carbocycles. The summed E-state index contributed by atoms with van der Waals surface area (Å²) in [7, 11) is 0. The Bertz CT molecular complexity index is 1660. The fourth-order valence-corrected chi connectivity index (χ4v) is 4.40. The van der Waals surface area contributed by atoms with Crippen molar-refractivity contribution in [3.63, 3.8) is 0 Å². The van der Waals surface area contributed by atoms with Crippen LogP contribution in [0.4, 0.5) is 10.1 Å². The summed E-state index contributed by atoms with van der Waals surface area (Å²) in [4.78, 5) is 12.8. The van der Waals surface area contributed by atoms with Crippen molar-refractivity contribution >= 4 is 27.6 Å². The van der Waals surface area contributed by atoms with Gasteiger partial charge in [-0.3, -0.25) is 10.1 Å². The predicted octanol–water partition coefficient (Wildman–Crippen LogP) is 6.79. The van der Waals surface area contributed by atoms with Gasteiger partial charge in [-0.05, 0) is 67.4 Å². The lowest BCUT2D eigenvalue weighted by molar-refractivity contribution is 0.628. The van der Waals surface area contributed by atoms with Gasteiger partial charge >= 0.3 is 0 Å². The van der Waals surface area contributed by atoms with Crippen LogP contribution in [0.25, 0.3) is 55.7 Å². The van der Waals surface area contributed by atoms with Gasteiger partial charge < -0.3 is 10.3 Å². The first kappa shape index (κ1) is 21.0. The summed E-state index contributed by atoms with van der Waals surface area (Å²) >= 11 is 0. The molecule has 6 rings (SSSR count). The molecule has 0 unspecified atom stereocenters. The van der Waals surface area contributed by atoms with E-state index in [4.69, 9.17) is 4.98 Å². The van der Waals surface area contributed by atoms with E-state index in [-0.39, 0.29) is 5.82 Å². The second-order valence-electron chi connectivity index (χ2n) is 8.88. The SMILES string of the molecule is CC(C)Nc1cncc(-c2ccc3[nH]nc(-c4cc5c(-c6ccc(F)cc6)cccc5[nH]4)c3n2)c1. The Morgan fingerprint density at radius 3 is 2.57 bits per heavy atom. The minimum Gasteiger partial charge on any atom is -0.382 e. The maximum Gasteiger partial charge on any atom is 0.135 e. The Balaban J connectivity index is 1.44. The van der Waals surface area contributed by atoms with Crippen LogP contribution in [0.3, 0.4) is 0 Å². The zero-order valence-corrected chi connectivity index (χ0v) is 19.3. The summed E-state index contributed by atoms with van der Waals surface area (Å²) in [5.74, 6) is -0.249. The van der Waals surface area contributed by atoms with Crippen molar-refractivity contribution in [2.75, 3.05) is 5.32 Å². The third-order valence-electron chi connectivity index (χ3n) is 5.97. The maximum atomic E-state index is 13.5. The number of benzene rings is 2. The van der Waals surface area contributed by atoms with E-state index in [0.29, 0.717) is 6.04 Å². The van der Waals surface area contributed by atoms with Crippen LogP contribution in [0, 0.1) is 5.82 Å². The maximum absolute atomic E-state index is 13.5. The van der Waals surface area contributed by atoms with Gasteiger partial charge in [-0.2, -0.15) is 5.10 Å². The Hall–Kier alpha value is -4.52. The van der Waals surface area contributed by atoms with Crippen molar-refractivity contribution in [2.45, 2.75) is 19.9 Å². The molecule has 2 aromatic carbocycles. The molecule has 35 heavy (non-hydrogen) atoms. The third-order valence-corrected chi connectivity index (χ3v) is 5.97. The highest BCUT2D eigenvalue weighted by molar-refractivity contribution is 6.00. The van der Waals surface area contributed by atoms with Crippen LogP contribution in [0.1, 0.15) is 13.8 Å². The number of nitrogens with one attached hydrogen (secondary N) is 3. The molecular formula is C28H23FN6. The fourth-order valence-electron chi connectivity index (χ4n) is 4.40.